The van der Waals surface area contributed by atoms with Crippen LogP contribution in [0.2, 0.25) is 0 Å². The number of aryl methyl sites for hydroxylation is 1. The highest BCUT2D eigenvalue weighted by Crippen LogP contribution is 2.35. The lowest BCUT2D eigenvalue weighted by atomic mass is 10.1. The maximum atomic E-state index is 13.8. The number of halogens is 6. The molecular weight excluding hydrogens is 508 g/mol. The zero-order chi connectivity index (χ0) is 27.1. The molecule has 1 aromatic carbocycles. The summed E-state index contributed by atoms with van der Waals surface area (Å²) in [4.78, 5) is 0. The van der Waals surface area contributed by atoms with Gasteiger partial charge in [-0.05, 0) is 56.9 Å². The van der Waals surface area contributed by atoms with Crippen LogP contribution in [0, 0.1) is 0 Å². The first-order chi connectivity index (χ1) is 16.7. The topological polar surface area (TPSA) is 81.3 Å². The first-order valence-corrected chi connectivity index (χ1v) is 11.7. The number of unbranched alkanes of at least 4 members (excludes halogenated alkanes) is 1. The molecular formula is C24H27F6N3O2S. The van der Waals surface area contributed by atoms with Gasteiger partial charge < -0.3 is 15.6 Å². The van der Waals surface area contributed by atoms with E-state index in [2.05, 4.69) is 16.8 Å². The molecule has 0 radical (unpaired) electrons. The molecule has 0 fully saturated rings. The van der Waals surface area contributed by atoms with E-state index in [1.54, 1.807) is 6.07 Å². The molecule has 0 bridgehead atoms. The highest BCUT2D eigenvalue weighted by molar-refractivity contribution is 7.12. The van der Waals surface area contributed by atoms with E-state index in [1.807, 2.05) is 0 Å². The third-order valence-corrected chi connectivity index (χ3v) is 6.32. The minimum atomic E-state index is -4.76. The van der Waals surface area contributed by atoms with Crippen LogP contribution in [0.3, 0.4) is 0 Å². The van der Waals surface area contributed by atoms with E-state index in [4.69, 9.17) is 10.5 Å². The molecule has 0 amide bonds. The zero-order valence-corrected chi connectivity index (χ0v) is 20.5. The van der Waals surface area contributed by atoms with Crippen LogP contribution in [0.1, 0.15) is 47.8 Å². The fourth-order valence-electron chi connectivity index (χ4n) is 3.01. The third kappa shape index (κ3) is 8.17. The van der Waals surface area contributed by atoms with Gasteiger partial charge in [0, 0.05) is 5.57 Å². The normalized spacial score (nSPS) is 15.1. The van der Waals surface area contributed by atoms with Gasteiger partial charge in [0.15, 0.2) is 0 Å². The van der Waals surface area contributed by atoms with Gasteiger partial charge in [-0.25, -0.2) is 0 Å². The highest BCUT2D eigenvalue weighted by Gasteiger charge is 2.37. The van der Waals surface area contributed by atoms with E-state index in [1.165, 1.54) is 26.0 Å². The van der Waals surface area contributed by atoms with E-state index < -0.39 is 41.4 Å². The van der Waals surface area contributed by atoms with Gasteiger partial charge >= 0.3 is 12.4 Å². The molecule has 0 aliphatic carbocycles. The number of nitrogens with zero attached hydrogens (tertiary/aromatic N) is 2. The van der Waals surface area contributed by atoms with Gasteiger partial charge in [0.1, 0.15) is 15.8 Å². The van der Waals surface area contributed by atoms with E-state index >= 15 is 0 Å². The van der Waals surface area contributed by atoms with Crippen molar-refractivity contribution in [3.63, 3.8) is 0 Å². The molecule has 12 heteroatoms. The number of ether oxygens (including phenoxy) is 1. The Morgan fingerprint density at radius 1 is 1.17 bits per heavy atom. The Morgan fingerprint density at radius 3 is 2.44 bits per heavy atom. The maximum absolute atomic E-state index is 13.8. The van der Waals surface area contributed by atoms with Gasteiger partial charge in [-0.3, -0.25) is 0 Å². The van der Waals surface area contributed by atoms with Crippen molar-refractivity contribution in [2.24, 2.45) is 5.73 Å². The lowest BCUT2D eigenvalue weighted by Gasteiger charge is -2.17. The number of aromatic nitrogens is 2. The van der Waals surface area contributed by atoms with Crippen molar-refractivity contribution in [2.75, 3.05) is 13.2 Å². The number of nitrogens with two attached hydrogens (primary N) is 1. The average molecular weight is 536 g/mol. The Balaban J connectivity index is 2.04. The van der Waals surface area contributed by atoms with Gasteiger partial charge in [-0.2, -0.15) is 26.3 Å². The van der Waals surface area contributed by atoms with Gasteiger partial charge in [0.25, 0.3) is 0 Å². The minimum absolute atomic E-state index is 0.0627. The van der Waals surface area contributed by atoms with Crippen molar-refractivity contribution in [2.45, 2.75) is 51.0 Å². The second-order valence-electron chi connectivity index (χ2n) is 8.23. The summed E-state index contributed by atoms with van der Waals surface area (Å²) in [5.41, 5.74) is 3.30. The van der Waals surface area contributed by atoms with Crippen LogP contribution in [0.4, 0.5) is 26.3 Å². The number of allylic oxidation sites excluding steroid dienone is 4. The third-order valence-electron chi connectivity index (χ3n) is 5.04. The second-order valence-corrected chi connectivity index (χ2v) is 9.20. The molecule has 1 aromatic heterocycles. The number of benzene rings is 1. The van der Waals surface area contributed by atoms with Gasteiger partial charge in [0.05, 0.1) is 29.9 Å². The van der Waals surface area contributed by atoms with E-state index in [0.717, 1.165) is 29.5 Å². The SMILES string of the molecule is C=C(/C=C(\C(=C/C)OCCCCc1cccc(C(F)(F)F)c1)C(F)(F)F)c1nnc([C@@](C)(N)CO)s1. The van der Waals surface area contributed by atoms with Crippen LogP contribution < -0.4 is 5.73 Å². The summed E-state index contributed by atoms with van der Waals surface area (Å²) >= 11 is 0.920. The predicted molar refractivity (Wildman–Crippen MR) is 126 cm³/mol. The molecule has 0 aliphatic heterocycles. The lowest BCUT2D eigenvalue weighted by Crippen LogP contribution is -2.36. The Labute approximate surface area is 209 Å². The molecule has 1 heterocycles. The molecule has 3 N–H and O–H groups in total. The predicted octanol–water partition coefficient (Wildman–Crippen LogP) is 6.17. The number of hydrogen-bond acceptors (Lipinski definition) is 6. The van der Waals surface area contributed by atoms with Crippen molar-refractivity contribution >= 4 is 16.9 Å². The van der Waals surface area contributed by atoms with Crippen LogP contribution >= 0.6 is 11.3 Å². The monoisotopic (exact) mass is 535 g/mol. The molecule has 2 aromatic rings. The summed E-state index contributed by atoms with van der Waals surface area (Å²) in [5, 5.41) is 17.3. The largest absolute Gasteiger partial charge is 0.493 e. The van der Waals surface area contributed by atoms with Gasteiger partial charge in [-0.1, -0.05) is 36.1 Å². The van der Waals surface area contributed by atoms with Crippen molar-refractivity contribution in [1.82, 2.24) is 10.2 Å². The maximum Gasteiger partial charge on any atom is 0.419 e. The fourth-order valence-corrected chi connectivity index (χ4v) is 3.85. The van der Waals surface area contributed by atoms with E-state index in [0.29, 0.717) is 24.8 Å². The van der Waals surface area contributed by atoms with Crippen LogP contribution in [0.15, 0.2) is 54.3 Å². The number of aliphatic hydroxyl groups excluding tert-OH is 1. The standard InChI is InChI=1S/C24H27F6N3O2S/c1-4-19(35-11-6-5-8-16-9-7-10-17(13-16)23(25,26)27)18(24(28,29)30)12-15(2)20-32-33-21(36-20)22(3,31)14-34/h4,7,9-10,12-13,34H,2,5-6,8,11,14,31H2,1,3H3/b18-12+,19-4+/t22-/m0/s1. The van der Waals surface area contributed by atoms with Crippen LogP contribution in [-0.2, 0) is 22.9 Å². The first-order valence-electron chi connectivity index (χ1n) is 10.9. The molecule has 0 aliphatic rings. The molecule has 0 unspecified atom stereocenters. The molecule has 0 saturated carbocycles. The molecule has 5 nitrogen and oxygen atoms in total. The Hall–Kier alpha value is -2.70. The summed E-state index contributed by atoms with van der Waals surface area (Å²) < 4.78 is 85.3. The lowest BCUT2D eigenvalue weighted by molar-refractivity contribution is -0.137. The Morgan fingerprint density at radius 2 is 1.86 bits per heavy atom. The van der Waals surface area contributed by atoms with E-state index in [-0.39, 0.29) is 22.2 Å². The van der Waals surface area contributed by atoms with Crippen LogP contribution in [0.25, 0.3) is 5.57 Å². The molecule has 0 saturated heterocycles. The average Bonchev–Trinajstić information content (AvgIpc) is 3.30. The number of rotatable bonds is 11. The molecule has 0 spiro atoms. The summed E-state index contributed by atoms with van der Waals surface area (Å²) in [5.74, 6) is -0.411. The summed E-state index contributed by atoms with van der Waals surface area (Å²) in [6.45, 7) is 6.06. The van der Waals surface area contributed by atoms with Crippen molar-refractivity contribution < 1.29 is 36.2 Å². The van der Waals surface area contributed by atoms with Crippen molar-refractivity contribution in [1.29, 1.82) is 0 Å². The highest BCUT2D eigenvalue weighted by atomic mass is 32.1. The smallest absolute Gasteiger partial charge is 0.419 e. The van der Waals surface area contributed by atoms with Gasteiger partial charge in [0.2, 0.25) is 0 Å². The number of hydrogen-bond donors (Lipinski definition) is 2. The quantitative estimate of drug-likeness (QED) is 0.156. The molecule has 198 valence electrons. The summed E-state index contributed by atoms with van der Waals surface area (Å²) in [7, 11) is 0. The Kier molecular flexibility index (Phi) is 9.86. The summed E-state index contributed by atoms with van der Waals surface area (Å²) in [6, 6.07) is 4.92. The zero-order valence-electron chi connectivity index (χ0n) is 19.7. The molecule has 2 rings (SSSR count). The van der Waals surface area contributed by atoms with Crippen molar-refractivity contribution in [3.8, 4) is 0 Å². The fraction of sp³-hybridized carbons (Fsp3) is 0.417. The van der Waals surface area contributed by atoms with Gasteiger partial charge in [-0.15, -0.1) is 10.2 Å². The van der Waals surface area contributed by atoms with Crippen molar-refractivity contribution in [3.05, 3.63) is 75.5 Å². The van der Waals surface area contributed by atoms with Crippen LogP contribution in [-0.4, -0.2) is 34.7 Å². The number of alkyl halides is 6. The minimum Gasteiger partial charge on any atom is -0.493 e. The second kappa shape index (κ2) is 12.0. The molecule has 1 atom stereocenters. The van der Waals surface area contributed by atoms with E-state index in [9.17, 15) is 31.4 Å². The first kappa shape index (κ1) is 29.5. The van der Waals surface area contributed by atoms with Crippen LogP contribution in [0.5, 0.6) is 0 Å². The number of aliphatic hydroxyl groups is 1. The summed E-state index contributed by atoms with van der Waals surface area (Å²) in [6.07, 6.45) is -6.15. The molecule has 36 heavy (non-hydrogen) atoms. The Bertz CT molecular complexity index is 1100.